The first kappa shape index (κ1) is 8.43. The normalized spacial score (nSPS) is 8.75. The van der Waals surface area contributed by atoms with Crippen molar-refractivity contribution in [3.05, 3.63) is 40.3 Å². The molecule has 0 saturated carbocycles. The largest absolute Gasteiger partial charge is 0.496 e. The Morgan fingerprint density at radius 3 is 3.00 bits per heavy atom. The first-order valence-electron chi connectivity index (χ1n) is 3.51. The molecule has 0 unspecified atom stereocenters. The Morgan fingerprint density at radius 2 is 2.33 bits per heavy atom. The summed E-state index contributed by atoms with van der Waals surface area (Å²) in [6.45, 7) is 0.334. The molecule has 1 aromatic carbocycles. The maximum Gasteiger partial charge on any atom is 0.122 e. The molecule has 1 rings (SSSR count). The fourth-order valence-electron chi connectivity index (χ4n) is 0.941. The van der Waals surface area contributed by atoms with Gasteiger partial charge in [-0.15, -0.1) is 0 Å². The van der Waals surface area contributed by atoms with Crippen LogP contribution in [0.1, 0.15) is 9.84 Å². The van der Waals surface area contributed by atoms with Gasteiger partial charge in [0.05, 0.1) is 13.7 Å². The quantitative estimate of drug-likeness (QED) is 0.389. The molecule has 0 radical (unpaired) electrons. The van der Waals surface area contributed by atoms with Crippen LogP contribution in [-0.2, 0) is 6.54 Å². The number of ether oxygens (including phenoxy) is 1. The van der Waals surface area contributed by atoms with Crippen molar-refractivity contribution in [2.75, 3.05) is 7.11 Å². The Hall–Kier alpha value is -1.67. The number of methoxy groups -OCH3 is 1. The predicted octanol–water partition coefficient (Wildman–Crippen LogP) is 3.24. The van der Waals surface area contributed by atoms with Crippen LogP contribution in [0.4, 0.5) is 0 Å². The number of nitrogens with zero attached hydrogens (tertiary/aromatic N) is 3. The van der Waals surface area contributed by atoms with Gasteiger partial charge in [0, 0.05) is 9.19 Å². The highest BCUT2D eigenvalue weighted by Gasteiger charge is 1.97. The van der Waals surface area contributed by atoms with Gasteiger partial charge in [-0.3, -0.25) is 0 Å². The minimum Gasteiger partial charge on any atom is -0.496 e. The van der Waals surface area contributed by atoms with Crippen LogP contribution in [0.2, 0.25) is 0 Å². The van der Waals surface area contributed by atoms with Gasteiger partial charge in [-0.1, -0.05) is 23.3 Å². The Balaban J connectivity index is -0.000000480. The van der Waals surface area contributed by atoms with Crippen molar-refractivity contribution in [1.82, 2.24) is 0 Å². The van der Waals surface area contributed by atoms with E-state index in [1.165, 1.54) is 0 Å². The van der Waals surface area contributed by atoms with Gasteiger partial charge < -0.3 is 4.74 Å². The van der Waals surface area contributed by atoms with E-state index < -0.39 is 0 Å². The van der Waals surface area contributed by atoms with Crippen LogP contribution in [0.15, 0.2) is 29.4 Å². The van der Waals surface area contributed by atoms with Crippen LogP contribution in [0, 0.1) is 0 Å². The summed E-state index contributed by atoms with van der Waals surface area (Å²) >= 11 is 0. The zero-order chi connectivity index (χ0) is 8.81. The Kier molecular flexibility index (Phi) is 2.99. The van der Waals surface area contributed by atoms with E-state index in [2.05, 4.69) is 10.0 Å². The van der Waals surface area contributed by atoms with Crippen molar-refractivity contribution in [2.45, 2.75) is 6.54 Å². The topological polar surface area (TPSA) is 58.0 Å². The number of hydrogen-bond acceptors (Lipinski definition) is 2. The molecule has 0 aliphatic heterocycles. The minimum atomic E-state index is 0. The van der Waals surface area contributed by atoms with Gasteiger partial charge in [0.1, 0.15) is 5.75 Å². The Morgan fingerprint density at radius 1 is 1.58 bits per heavy atom. The molecule has 0 saturated heterocycles. The molecule has 12 heavy (non-hydrogen) atoms. The molecule has 0 atom stereocenters. The highest BCUT2D eigenvalue weighted by molar-refractivity contribution is 5.32. The van der Waals surface area contributed by atoms with Crippen LogP contribution in [0.25, 0.3) is 10.4 Å². The summed E-state index contributed by atoms with van der Waals surface area (Å²) in [7, 11) is 1.59. The average molecular weight is 169 g/mol. The van der Waals surface area contributed by atoms with E-state index in [0.717, 1.165) is 11.3 Å². The fraction of sp³-hybridized carbons (Fsp3) is 0.250. The number of rotatable bonds is 3. The van der Waals surface area contributed by atoms with E-state index in [4.69, 9.17) is 10.3 Å². The highest BCUT2D eigenvalue weighted by atomic mass is 16.5. The van der Waals surface area contributed by atoms with E-state index in [9.17, 15) is 0 Å². The molecule has 68 valence electrons. The molecule has 0 heterocycles. The first-order valence-corrected chi connectivity index (χ1v) is 3.51. The van der Waals surface area contributed by atoms with Crippen LogP contribution in [0.5, 0.6) is 5.75 Å². The van der Waals surface area contributed by atoms with Crippen molar-refractivity contribution < 1.29 is 9.02 Å². The van der Waals surface area contributed by atoms with Crippen LogP contribution in [-0.4, -0.2) is 7.11 Å². The van der Waals surface area contributed by atoms with E-state index in [-0.39, 0.29) is 4.28 Å². The van der Waals surface area contributed by atoms with Crippen molar-refractivity contribution in [2.24, 2.45) is 5.11 Å². The number of hydrogen-bond donors (Lipinski definition) is 0. The molecule has 0 aromatic heterocycles. The lowest BCUT2D eigenvalue weighted by atomic mass is 10.2. The van der Waals surface area contributed by atoms with Gasteiger partial charge in [0.2, 0.25) is 0 Å². The SMILES string of the molecule is COc1ccccc1CN=[N+]=[N-].[HH].[HH].[HH]. The molecule has 0 aliphatic carbocycles. The molecule has 0 aliphatic rings. The van der Waals surface area contributed by atoms with Gasteiger partial charge in [0.15, 0.2) is 0 Å². The second kappa shape index (κ2) is 4.26. The summed E-state index contributed by atoms with van der Waals surface area (Å²) < 4.78 is 5.06. The summed E-state index contributed by atoms with van der Waals surface area (Å²) in [5.74, 6) is 0.755. The van der Waals surface area contributed by atoms with Crippen molar-refractivity contribution in [1.29, 1.82) is 0 Å². The van der Waals surface area contributed by atoms with Gasteiger partial charge >= 0.3 is 0 Å². The van der Waals surface area contributed by atoms with E-state index >= 15 is 0 Å². The summed E-state index contributed by atoms with van der Waals surface area (Å²) in [5.41, 5.74) is 9.01. The second-order valence-electron chi connectivity index (χ2n) is 2.20. The smallest absolute Gasteiger partial charge is 0.122 e. The molecule has 0 amide bonds. The maximum atomic E-state index is 8.11. The van der Waals surface area contributed by atoms with Crippen molar-refractivity contribution in [3.63, 3.8) is 0 Å². The maximum absolute atomic E-state index is 8.11. The van der Waals surface area contributed by atoms with E-state index in [1.54, 1.807) is 7.11 Å². The molecule has 0 spiro atoms. The predicted molar refractivity (Wildman–Crippen MR) is 52.2 cm³/mol. The van der Waals surface area contributed by atoms with Gasteiger partial charge in [0.25, 0.3) is 0 Å². The van der Waals surface area contributed by atoms with Crippen molar-refractivity contribution in [3.8, 4) is 5.75 Å². The summed E-state index contributed by atoms with van der Waals surface area (Å²) in [4.78, 5) is 2.68. The van der Waals surface area contributed by atoms with Gasteiger partial charge in [-0.25, -0.2) is 0 Å². The third-order valence-electron chi connectivity index (χ3n) is 1.50. The summed E-state index contributed by atoms with van der Waals surface area (Å²) in [6.07, 6.45) is 0. The molecule has 1 aromatic rings. The summed E-state index contributed by atoms with van der Waals surface area (Å²) in [5, 5.41) is 3.45. The minimum absolute atomic E-state index is 0. The molecule has 0 fully saturated rings. The highest BCUT2D eigenvalue weighted by Crippen LogP contribution is 2.17. The average Bonchev–Trinajstić information content (AvgIpc) is 2.15. The standard InChI is InChI=1S/C8H9N3O.3H2/c1-12-8-5-3-2-4-7(8)6-10-11-9;;;/h2-5H,6H2,1H3;3*1H. The van der Waals surface area contributed by atoms with Crippen molar-refractivity contribution >= 4 is 0 Å². The zero-order valence-corrected chi connectivity index (χ0v) is 6.77. The molecule has 4 heteroatoms. The monoisotopic (exact) mass is 169 g/mol. The fourth-order valence-corrected chi connectivity index (χ4v) is 0.941. The zero-order valence-electron chi connectivity index (χ0n) is 6.77. The van der Waals surface area contributed by atoms with Crippen LogP contribution in [0.3, 0.4) is 0 Å². The third-order valence-corrected chi connectivity index (χ3v) is 1.50. The Labute approximate surface area is 74.9 Å². The third kappa shape index (κ3) is 1.90. The first-order chi connectivity index (χ1) is 5.88. The lowest BCUT2D eigenvalue weighted by molar-refractivity contribution is 0.410. The Bertz CT molecular complexity index is 316. The lowest BCUT2D eigenvalue weighted by Crippen LogP contribution is -1.88. The van der Waals surface area contributed by atoms with Crippen LogP contribution < -0.4 is 4.74 Å². The number of azide groups is 1. The van der Waals surface area contributed by atoms with E-state index in [1.807, 2.05) is 24.3 Å². The lowest BCUT2D eigenvalue weighted by Gasteiger charge is -2.03. The molecular formula is C8H15N3O. The van der Waals surface area contributed by atoms with Gasteiger partial charge in [-0.05, 0) is 17.2 Å². The number of para-hydroxylation sites is 1. The molecule has 0 bridgehead atoms. The van der Waals surface area contributed by atoms with Crippen LogP contribution >= 0.6 is 0 Å². The molecule has 0 N–H and O–H groups in total. The molecule has 4 nitrogen and oxygen atoms in total. The second-order valence-corrected chi connectivity index (χ2v) is 2.20. The number of benzene rings is 1. The summed E-state index contributed by atoms with van der Waals surface area (Å²) in [6, 6.07) is 7.46. The van der Waals surface area contributed by atoms with Gasteiger partial charge in [-0.2, -0.15) is 0 Å². The molecular weight excluding hydrogens is 154 g/mol. The van der Waals surface area contributed by atoms with E-state index in [0.29, 0.717) is 6.54 Å².